The van der Waals surface area contributed by atoms with E-state index in [1.165, 1.54) is 43.3 Å². The molecule has 0 unspecified atom stereocenters. The maximum atomic E-state index is 12.9. The van der Waals surface area contributed by atoms with Crippen molar-refractivity contribution in [3.05, 3.63) is 83.2 Å². The molecule has 5 N–H and O–H groups in total. The van der Waals surface area contributed by atoms with Gasteiger partial charge in [0.1, 0.15) is 46.3 Å². The molecule has 0 fully saturated rings. The minimum atomic E-state index is -4.87. The topological polar surface area (TPSA) is 138 Å². The molecule has 0 saturated carbocycles. The summed E-state index contributed by atoms with van der Waals surface area (Å²) in [5, 5.41) is 26.7. The second kappa shape index (κ2) is 19.5. The number of halogens is 6. The van der Waals surface area contributed by atoms with E-state index < -0.39 is 35.8 Å². The van der Waals surface area contributed by atoms with E-state index in [2.05, 4.69) is 0 Å². The van der Waals surface area contributed by atoms with Gasteiger partial charge in [-0.05, 0) is 79.9 Å². The molecular formula is C30H35F6NO6. The molecule has 3 aromatic rings. The van der Waals surface area contributed by atoms with Crippen molar-refractivity contribution in [2.75, 3.05) is 5.73 Å². The summed E-state index contributed by atoms with van der Waals surface area (Å²) in [7, 11) is 0. The number of aromatic hydroxyl groups is 3. The molecule has 0 aromatic heterocycles. The molecule has 13 heteroatoms. The SMILES string of the molecule is C.CC(=O)CC(=O)C(F)(F)F.CC(=O)Cc1cc(O)ccc1F.CCCc1cc(O)ccc1F.Nc1cc(O)ccc1F. The van der Waals surface area contributed by atoms with E-state index in [9.17, 15) is 40.7 Å². The molecule has 0 aliphatic heterocycles. The van der Waals surface area contributed by atoms with Crippen LogP contribution in [0.4, 0.5) is 32.0 Å². The lowest BCUT2D eigenvalue weighted by Gasteiger charge is -2.00. The molecule has 43 heavy (non-hydrogen) atoms. The summed E-state index contributed by atoms with van der Waals surface area (Å²) in [5.74, 6) is -3.99. The second-order valence-electron chi connectivity index (χ2n) is 8.69. The van der Waals surface area contributed by atoms with Crippen LogP contribution >= 0.6 is 0 Å². The van der Waals surface area contributed by atoms with Crippen molar-refractivity contribution >= 4 is 23.0 Å². The summed E-state index contributed by atoms with van der Waals surface area (Å²) >= 11 is 0. The predicted octanol–water partition coefficient (Wildman–Crippen LogP) is 6.99. The first-order chi connectivity index (χ1) is 19.4. The maximum Gasteiger partial charge on any atom is 0.450 e. The van der Waals surface area contributed by atoms with Gasteiger partial charge >= 0.3 is 6.18 Å². The van der Waals surface area contributed by atoms with Crippen LogP contribution in [-0.4, -0.2) is 38.8 Å². The molecule has 0 amide bonds. The van der Waals surface area contributed by atoms with Crippen LogP contribution in [0.3, 0.4) is 0 Å². The van der Waals surface area contributed by atoms with Gasteiger partial charge in [-0.15, -0.1) is 0 Å². The number of aryl methyl sites for hydroxylation is 1. The van der Waals surface area contributed by atoms with Gasteiger partial charge in [-0.25, -0.2) is 13.2 Å². The molecule has 0 aliphatic rings. The van der Waals surface area contributed by atoms with Gasteiger partial charge in [-0.3, -0.25) is 14.4 Å². The van der Waals surface area contributed by atoms with Gasteiger partial charge in [0.2, 0.25) is 5.78 Å². The standard InChI is InChI=1S/C9H9FO2.C9H11FO.C6H6FNO.C5H5F3O2.CH4/c1-6(11)4-7-5-8(12)2-3-9(7)10;1-2-3-7-6-8(11)4-5-9(7)10;7-5-2-1-4(9)3-6(5)8;1-3(9)2-4(10)5(6,7)8;/h2-3,5,12H,4H2,1H3;4-6,11H,2-3H2,1H3;1-3,9H,8H2;2H2,1H3;1H4. The minimum absolute atomic E-state index is 0. The predicted molar refractivity (Wildman–Crippen MR) is 150 cm³/mol. The zero-order valence-electron chi connectivity index (χ0n) is 22.9. The fraction of sp³-hybridized carbons (Fsp3) is 0.300. The Bertz CT molecular complexity index is 1350. The molecule has 0 radical (unpaired) electrons. The van der Waals surface area contributed by atoms with Gasteiger partial charge in [0.25, 0.3) is 0 Å². The normalized spacial score (nSPS) is 9.88. The highest BCUT2D eigenvalue weighted by atomic mass is 19.4. The summed E-state index contributed by atoms with van der Waals surface area (Å²) in [5.41, 5.74) is 5.88. The van der Waals surface area contributed by atoms with Crippen LogP contribution in [0.2, 0.25) is 0 Å². The number of phenols is 3. The number of nitrogens with two attached hydrogens (primary N) is 1. The molecule has 7 nitrogen and oxygen atoms in total. The number of benzene rings is 3. The third kappa shape index (κ3) is 17.8. The zero-order valence-corrected chi connectivity index (χ0v) is 22.9. The fourth-order valence-electron chi connectivity index (χ4n) is 2.84. The molecule has 0 bridgehead atoms. The molecule has 3 aromatic carbocycles. The van der Waals surface area contributed by atoms with Crippen LogP contribution in [0.15, 0.2) is 54.6 Å². The number of nitrogen functional groups attached to an aromatic ring is 1. The van der Waals surface area contributed by atoms with Crippen molar-refractivity contribution in [2.45, 2.75) is 60.1 Å². The van der Waals surface area contributed by atoms with Crippen LogP contribution in [0.25, 0.3) is 0 Å². The van der Waals surface area contributed by atoms with E-state index >= 15 is 0 Å². The highest BCUT2D eigenvalue weighted by Crippen LogP contribution is 2.19. The molecular weight excluding hydrogens is 584 g/mol. The maximum absolute atomic E-state index is 12.9. The number of Topliss-reactive ketones (excluding diaryl/α,β-unsaturated/α-hetero) is 3. The summed E-state index contributed by atoms with van der Waals surface area (Å²) in [6.45, 7) is 4.29. The first-order valence-electron chi connectivity index (χ1n) is 12.1. The van der Waals surface area contributed by atoms with E-state index in [4.69, 9.17) is 21.1 Å². The monoisotopic (exact) mass is 619 g/mol. The lowest BCUT2D eigenvalue weighted by Crippen LogP contribution is -2.24. The average molecular weight is 620 g/mol. The van der Waals surface area contributed by atoms with Crippen LogP contribution in [0, 0.1) is 17.5 Å². The van der Waals surface area contributed by atoms with Gasteiger partial charge in [-0.2, -0.15) is 13.2 Å². The van der Waals surface area contributed by atoms with Gasteiger partial charge in [0.15, 0.2) is 0 Å². The van der Waals surface area contributed by atoms with Crippen molar-refractivity contribution in [3.63, 3.8) is 0 Å². The number of hydrogen-bond donors (Lipinski definition) is 4. The first-order valence-corrected chi connectivity index (χ1v) is 12.1. The molecule has 3 rings (SSSR count). The van der Waals surface area contributed by atoms with Gasteiger partial charge < -0.3 is 21.1 Å². The number of hydrogen-bond acceptors (Lipinski definition) is 7. The highest BCUT2D eigenvalue weighted by molar-refractivity contribution is 6.00. The van der Waals surface area contributed by atoms with Crippen molar-refractivity contribution in [1.29, 1.82) is 0 Å². The summed E-state index contributed by atoms with van der Waals surface area (Å²) in [6.07, 6.45) is -4.32. The lowest BCUT2D eigenvalue weighted by atomic mass is 10.1. The van der Waals surface area contributed by atoms with Gasteiger partial charge in [0, 0.05) is 12.5 Å². The summed E-state index contributed by atoms with van der Waals surface area (Å²) in [6, 6.07) is 11.3. The molecule has 0 heterocycles. The number of carbonyl (C=O) groups excluding carboxylic acids is 3. The average Bonchev–Trinajstić information content (AvgIpc) is 2.86. The molecule has 0 atom stereocenters. The van der Waals surface area contributed by atoms with Crippen LogP contribution in [0.5, 0.6) is 17.2 Å². The van der Waals surface area contributed by atoms with E-state index in [0.29, 0.717) is 12.0 Å². The van der Waals surface area contributed by atoms with Crippen molar-refractivity contribution in [1.82, 2.24) is 0 Å². The third-order valence-corrected chi connectivity index (χ3v) is 4.72. The molecule has 238 valence electrons. The van der Waals surface area contributed by atoms with E-state index in [1.807, 2.05) is 6.92 Å². The summed E-state index contributed by atoms with van der Waals surface area (Å²) < 4.78 is 71.9. The van der Waals surface area contributed by atoms with Crippen molar-refractivity contribution < 1.29 is 56.0 Å². The third-order valence-electron chi connectivity index (χ3n) is 4.72. The van der Waals surface area contributed by atoms with Crippen LogP contribution in [0.1, 0.15) is 52.2 Å². The fourth-order valence-corrected chi connectivity index (χ4v) is 2.84. The number of ketones is 3. The van der Waals surface area contributed by atoms with E-state index in [1.54, 1.807) is 0 Å². The number of carbonyl (C=O) groups is 3. The zero-order chi connectivity index (χ0) is 32.6. The number of alkyl halides is 3. The van der Waals surface area contributed by atoms with Crippen molar-refractivity contribution in [2.24, 2.45) is 0 Å². The Balaban J connectivity index is 0. The Morgan fingerprint density at radius 2 is 1.14 bits per heavy atom. The van der Waals surface area contributed by atoms with Gasteiger partial charge in [-0.1, -0.05) is 20.8 Å². The Labute approximate surface area is 245 Å². The Kier molecular flexibility index (Phi) is 18.5. The number of rotatable bonds is 6. The highest BCUT2D eigenvalue weighted by Gasteiger charge is 2.38. The van der Waals surface area contributed by atoms with E-state index in [-0.39, 0.29) is 53.9 Å². The number of anilines is 1. The van der Waals surface area contributed by atoms with Gasteiger partial charge in [0.05, 0.1) is 12.1 Å². The Morgan fingerprint density at radius 3 is 1.49 bits per heavy atom. The Hall–Kier alpha value is -4.55. The lowest BCUT2D eigenvalue weighted by molar-refractivity contribution is -0.171. The van der Waals surface area contributed by atoms with E-state index in [0.717, 1.165) is 31.5 Å². The van der Waals surface area contributed by atoms with Crippen molar-refractivity contribution in [3.8, 4) is 17.2 Å². The molecule has 0 saturated heterocycles. The summed E-state index contributed by atoms with van der Waals surface area (Å²) in [4.78, 5) is 30.5. The van der Waals surface area contributed by atoms with Crippen LogP contribution < -0.4 is 5.73 Å². The second-order valence-corrected chi connectivity index (χ2v) is 8.69. The van der Waals surface area contributed by atoms with Crippen LogP contribution in [-0.2, 0) is 27.2 Å². The Morgan fingerprint density at radius 1 is 0.721 bits per heavy atom. The molecule has 0 aliphatic carbocycles. The quantitative estimate of drug-likeness (QED) is 0.133. The molecule has 0 spiro atoms. The number of phenolic OH excluding ortho intramolecular Hbond substituents is 3. The smallest absolute Gasteiger partial charge is 0.450 e. The largest absolute Gasteiger partial charge is 0.508 e. The first kappa shape index (κ1) is 40.6. The minimum Gasteiger partial charge on any atom is -0.508 e.